The van der Waals surface area contributed by atoms with Gasteiger partial charge in [-0.05, 0) is 49.7 Å². The van der Waals surface area contributed by atoms with E-state index < -0.39 is 6.10 Å². The minimum atomic E-state index is -0.620. The Morgan fingerprint density at radius 1 is 1.00 bits per heavy atom. The Labute approximate surface area is 142 Å². The van der Waals surface area contributed by atoms with Crippen molar-refractivity contribution in [2.75, 3.05) is 10.6 Å². The average Bonchev–Trinajstić information content (AvgIpc) is 2.58. The summed E-state index contributed by atoms with van der Waals surface area (Å²) >= 11 is 0. The van der Waals surface area contributed by atoms with Crippen LogP contribution in [0, 0.1) is 6.92 Å². The quantitative estimate of drug-likeness (QED) is 0.849. The summed E-state index contributed by atoms with van der Waals surface area (Å²) in [5.41, 5.74) is 2.33. The Hall–Kier alpha value is -2.82. The molecule has 2 N–H and O–H groups in total. The lowest BCUT2D eigenvalue weighted by Gasteiger charge is -2.16. The van der Waals surface area contributed by atoms with E-state index in [4.69, 9.17) is 4.74 Å². The molecule has 0 aliphatic rings. The van der Waals surface area contributed by atoms with Crippen LogP contribution >= 0.6 is 0 Å². The van der Waals surface area contributed by atoms with Gasteiger partial charge in [0.15, 0.2) is 6.10 Å². The van der Waals surface area contributed by atoms with Gasteiger partial charge in [0.05, 0.1) is 0 Å². The van der Waals surface area contributed by atoms with Crippen molar-refractivity contribution in [2.45, 2.75) is 33.3 Å². The summed E-state index contributed by atoms with van der Waals surface area (Å²) in [6.45, 7) is 5.43. The summed E-state index contributed by atoms with van der Waals surface area (Å²) in [7, 11) is 0. The van der Waals surface area contributed by atoms with E-state index in [9.17, 15) is 9.59 Å². The van der Waals surface area contributed by atoms with E-state index in [2.05, 4.69) is 10.6 Å². The fourth-order valence-electron chi connectivity index (χ4n) is 2.06. The van der Waals surface area contributed by atoms with Crippen molar-refractivity contribution in [1.29, 1.82) is 0 Å². The molecule has 0 saturated heterocycles. The molecule has 1 atom stereocenters. The van der Waals surface area contributed by atoms with Crippen LogP contribution in [0.3, 0.4) is 0 Å². The molecule has 5 nitrogen and oxygen atoms in total. The average molecular weight is 326 g/mol. The first kappa shape index (κ1) is 17.5. The van der Waals surface area contributed by atoms with Crippen LogP contribution in [-0.2, 0) is 9.59 Å². The predicted molar refractivity (Wildman–Crippen MR) is 95.3 cm³/mol. The van der Waals surface area contributed by atoms with E-state index in [1.807, 2.05) is 31.2 Å². The minimum Gasteiger partial charge on any atom is -0.481 e. The van der Waals surface area contributed by atoms with Crippen LogP contribution in [0.25, 0.3) is 0 Å². The van der Waals surface area contributed by atoms with Crippen LogP contribution in [0.15, 0.2) is 48.5 Å². The van der Waals surface area contributed by atoms with E-state index >= 15 is 0 Å². The lowest BCUT2D eigenvalue weighted by atomic mass is 10.2. The maximum Gasteiger partial charge on any atom is 0.265 e. The van der Waals surface area contributed by atoms with Gasteiger partial charge < -0.3 is 15.4 Å². The molecule has 2 amide bonds. The SMILES string of the molecule is CCC(=O)Nc1ccc(NC(=O)[C@@H](C)Oc2ccccc2C)cc1. The Kier molecular flexibility index (Phi) is 5.95. The molecule has 126 valence electrons. The second-order valence-electron chi connectivity index (χ2n) is 5.49. The van der Waals surface area contributed by atoms with Gasteiger partial charge in [-0.1, -0.05) is 25.1 Å². The van der Waals surface area contributed by atoms with E-state index in [0.29, 0.717) is 23.5 Å². The monoisotopic (exact) mass is 326 g/mol. The normalized spacial score (nSPS) is 11.5. The second-order valence-corrected chi connectivity index (χ2v) is 5.49. The topological polar surface area (TPSA) is 67.4 Å². The third kappa shape index (κ3) is 4.84. The molecule has 0 heterocycles. The highest BCUT2D eigenvalue weighted by Gasteiger charge is 2.15. The predicted octanol–water partition coefficient (Wildman–Crippen LogP) is 3.75. The zero-order valence-corrected chi connectivity index (χ0v) is 14.1. The van der Waals surface area contributed by atoms with Gasteiger partial charge in [-0.2, -0.15) is 0 Å². The first-order chi connectivity index (χ1) is 11.5. The molecule has 0 fully saturated rings. The van der Waals surface area contributed by atoms with Gasteiger partial charge in [-0.15, -0.1) is 0 Å². The molecule has 0 aliphatic heterocycles. The van der Waals surface area contributed by atoms with E-state index in [-0.39, 0.29) is 11.8 Å². The summed E-state index contributed by atoms with van der Waals surface area (Å²) in [5.74, 6) is 0.411. The summed E-state index contributed by atoms with van der Waals surface area (Å²) in [6, 6.07) is 14.5. The molecule has 2 aromatic carbocycles. The van der Waals surface area contributed by atoms with Gasteiger partial charge in [0.2, 0.25) is 5.91 Å². The highest BCUT2D eigenvalue weighted by atomic mass is 16.5. The molecule has 24 heavy (non-hydrogen) atoms. The summed E-state index contributed by atoms with van der Waals surface area (Å²) in [4.78, 5) is 23.6. The van der Waals surface area contributed by atoms with Crippen LogP contribution in [0.4, 0.5) is 11.4 Å². The van der Waals surface area contributed by atoms with Gasteiger partial charge in [0.1, 0.15) is 5.75 Å². The standard InChI is InChI=1S/C19H22N2O3/c1-4-18(22)20-15-9-11-16(12-10-15)21-19(23)14(3)24-17-8-6-5-7-13(17)2/h5-12,14H,4H2,1-3H3,(H,20,22)(H,21,23)/t14-/m1/s1. The van der Waals surface area contributed by atoms with Gasteiger partial charge in [0, 0.05) is 17.8 Å². The molecule has 0 bridgehead atoms. The molecule has 0 unspecified atom stereocenters. The number of hydrogen-bond acceptors (Lipinski definition) is 3. The molecule has 0 spiro atoms. The maximum absolute atomic E-state index is 12.2. The fraction of sp³-hybridized carbons (Fsp3) is 0.263. The van der Waals surface area contributed by atoms with Crippen LogP contribution in [0.2, 0.25) is 0 Å². The highest BCUT2D eigenvalue weighted by molar-refractivity contribution is 5.95. The highest BCUT2D eigenvalue weighted by Crippen LogP contribution is 2.19. The second kappa shape index (κ2) is 8.15. The number of ether oxygens (including phenoxy) is 1. The van der Waals surface area contributed by atoms with Crippen LogP contribution < -0.4 is 15.4 Å². The number of hydrogen-bond donors (Lipinski definition) is 2. The Morgan fingerprint density at radius 2 is 1.58 bits per heavy atom. The number of para-hydroxylation sites is 1. The smallest absolute Gasteiger partial charge is 0.265 e. The maximum atomic E-state index is 12.2. The number of benzene rings is 2. The van der Waals surface area contributed by atoms with Gasteiger partial charge >= 0.3 is 0 Å². The molecular formula is C19H22N2O3. The number of aryl methyl sites for hydroxylation is 1. The Morgan fingerprint density at radius 3 is 2.17 bits per heavy atom. The number of rotatable bonds is 6. The van der Waals surface area contributed by atoms with Crippen LogP contribution in [0.5, 0.6) is 5.75 Å². The van der Waals surface area contributed by atoms with E-state index in [0.717, 1.165) is 5.56 Å². The first-order valence-corrected chi connectivity index (χ1v) is 7.92. The molecule has 0 aliphatic carbocycles. The summed E-state index contributed by atoms with van der Waals surface area (Å²) in [5, 5.41) is 5.56. The minimum absolute atomic E-state index is 0.0490. The Bertz CT molecular complexity index is 711. The molecule has 0 saturated carbocycles. The van der Waals surface area contributed by atoms with Crippen LogP contribution in [-0.4, -0.2) is 17.9 Å². The van der Waals surface area contributed by atoms with Crippen molar-refractivity contribution in [3.63, 3.8) is 0 Å². The third-order valence-electron chi connectivity index (χ3n) is 3.52. The summed E-state index contributed by atoms with van der Waals surface area (Å²) < 4.78 is 5.70. The number of carbonyl (C=O) groups is 2. The van der Waals surface area contributed by atoms with Crippen molar-refractivity contribution < 1.29 is 14.3 Å². The zero-order valence-electron chi connectivity index (χ0n) is 14.1. The largest absolute Gasteiger partial charge is 0.481 e. The van der Waals surface area contributed by atoms with Gasteiger partial charge in [-0.25, -0.2) is 0 Å². The lowest BCUT2D eigenvalue weighted by Crippen LogP contribution is -2.30. The number of anilines is 2. The van der Waals surface area contributed by atoms with Gasteiger partial charge in [-0.3, -0.25) is 9.59 Å². The molecule has 5 heteroatoms. The Balaban J connectivity index is 1.94. The molecular weight excluding hydrogens is 304 g/mol. The van der Waals surface area contributed by atoms with Crippen molar-refractivity contribution in [1.82, 2.24) is 0 Å². The fourth-order valence-corrected chi connectivity index (χ4v) is 2.06. The van der Waals surface area contributed by atoms with Gasteiger partial charge in [0.25, 0.3) is 5.91 Å². The van der Waals surface area contributed by atoms with Crippen molar-refractivity contribution in [2.24, 2.45) is 0 Å². The number of nitrogens with one attached hydrogen (secondary N) is 2. The lowest BCUT2D eigenvalue weighted by molar-refractivity contribution is -0.122. The zero-order chi connectivity index (χ0) is 17.5. The molecule has 0 aromatic heterocycles. The van der Waals surface area contributed by atoms with E-state index in [1.54, 1.807) is 38.1 Å². The molecule has 2 aromatic rings. The molecule has 0 radical (unpaired) electrons. The van der Waals surface area contributed by atoms with Crippen molar-refractivity contribution in [3.05, 3.63) is 54.1 Å². The van der Waals surface area contributed by atoms with Crippen molar-refractivity contribution >= 4 is 23.2 Å². The third-order valence-corrected chi connectivity index (χ3v) is 3.52. The molecule has 2 rings (SSSR count). The van der Waals surface area contributed by atoms with E-state index in [1.165, 1.54) is 0 Å². The van der Waals surface area contributed by atoms with Crippen LogP contribution in [0.1, 0.15) is 25.8 Å². The number of carbonyl (C=O) groups excluding carboxylic acids is 2. The van der Waals surface area contributed by atoms with Crippen molar-refractivity contribution in [3.8, 4) is 5.75 Å². The summed E-state index contributed by atoms with van der Waals surface area (Å²) in [6.07, 6.45) is -0.197. The first-order valence-electron chi connectivity index (χ1n) is 7.92. The number of amides is 2.